The van der Waals surface area contributed by atoms with E-state index in [0.717, 1.165) is 50.4 Å². The molecule has 0 radical (unpaired) electrons. The van der Waals surface area contributed by atoms with Crippen LogP contribution in [0.4, 0.5) is 26.3 Å². The molecule has 91 heavy (non-hydrogen) atoms. The van der Waals surface area contributed by atoms with Gasteiger partial charge in [0.2, 0.25) is 11.8 Å². The lowest BCUT2D eigenvalue weighted by Crippen LogP contribution is -2.40. The highest BCUT2D eigenvalue weighted by Gasteiger charge is 2.24. The fourth-order valence-electron chi connectivity index (χ4n) is 10.3. The highest BCUT2D eigenvalue weighted by atomic mass is 19.1. The molecule has 2 saturated heterocycles. The number of nitrogens with one attached hydrogen (secondary N) is 2. The van der Waals surface area contributed by atoms with E-state index >= 15 is 17.6 Å². The Kier molecular flexibility index (Phi) is 18.3. The Bertz CT molecular complexity index is 4290. The van der Waals surface area contributed by atoms with E-state index < -0.39 is 46.8 Å². The van der Waals surface area contributed by atoms with Crippen LogP contribution >= 0.6 is 0 Å². The Morgan fingerprint density at radius 1 is 0.495 bits per heavy atom. The topological polar surface area (TPSA) is 166 Å². The number of rotatable bonds is 20. The molecule has 6 heterocycles. The van der Waals surface area contributed by atoms with Gasteiger partial charge in [-0.15, -0.1) is 0 Å². The van der Waals surface area contributed by atoms with Gasteiger partial charge in [-0.3, -0.25) is 0 Å². The number of hydrogen-bond acceptors (Lipinski definition) is 13. The van der Waals surface area contributed by atoms with Crippen LogP contribution in [0, 0.1) is 70.4 Å². The first kappa shape index (κ1) is 61.1. The monoisotopic (exact) mass is 1230 g/mol. The first-order valence-electron chi connectivity index (χ1n) is 29.1. The van der Waals surface area contributed by atoms with Crippen molar-refractivity contribution in [1.29, 1.82) is 0 Å². The molecule has 0 saturated carbocycles. The summed E-state index contributed by atoms with van der Waals surface area (Å²) in [7, 11) is 2.99. The number of methoxy groups -OCH3 is 2. The number of carbonyl (C=O) groups excluding carboxylic acids is 2. The average molecular weight is 1240 g/mol. The number of carbonyl (C=O) groups is 2. The van der Waals surface area contributed by atoms with Gasteiger partial charge in [0.25, 0.3) is 0 Å². The van der Waals surface area contributed by atoms with Crippen molar-refractivity contribution >= 4 is 34.0 Å². The third-order valence-electron chi connectivity index (χ3n) is 15.6. The van der Waals surface area contributed by atoms with E-state index in [0.29, 0.717) is 44.8 Å². The highest BCUT2D eigenvalue weighted by molar-refractivity contribution is 6.05. The van der Waals surface area contributed by atoms with Gasteiger partial charge in [0.05, 0.1) is 57.8 Å². The summed E-state index contributed by atoms with van der Waals surface area (Å²) in [6.45, 7) is 3.65. The van der Waals surface area contributed by atoms with Gasteiger partial charge in [0.15, 0.2) is 0 Å². The summed E-state index contributed by atoms with van der Waals surface area (Å²) in [4.78, 5) is 45.8. The molecule has 21 heteroatoms. The average Bonchev–Trinajstić information content (AvgIpc) is 1.81. The van der Waals surface area contributed by atoms with Crippen LogP contribution in [0.5, 0.6) is 11.8 Å². The number of pyridine rings is 2. The first-order valence-corrected chi connectivity index (χ1v) is 29.1. The third-order valence-corrected chi connectivity index (χ3v) is 15.6. The molecule has 12 rings (SSSR count). The van der Waals surface area contributed by atoms with Gasteiger partial charge >= 0.3 is 11.9 Å². The molecule has 0 aliphatic carbocycles. The number of esters is 2. The standard InChI is InChI=1S/C70H56F6N8O7/c1-87-23-21-83-63-29-45(17-19-61(63)79-65(83)31-49-27-57(75)51(33-55(49)73)59-5-3-7-67(81-59)89-39-47-15-13-41(25-53(47)71)9-11-43-35-77-36-43)69(85)91-70(86)46-18-20-62-64(30-46)84(22-24-88-2)66(80-62)32-50-28-58(76)52(34-56(50)74)60-6-4-8-68(82-60)90-40-48-16-14-42(26-54(48)72)10-12-44-37-78-38-44/h3-8,13-20,25-30,33-34,43-44,77-78H,21-24,31-32,35-40H2,1-2H3. The lowest BCUT2D eigenvalue weighted by Gasteiger charge is -2.21. The Hall–Kier alpha value is -10.2. The van der Waals surface area contributed by atoms with Gasteiger partial charge in [0, 0.05) is 124 Å². The van der Waals surface area contributed by atoms with Gasteiger partial charge in [-0.2, -0.15) is 0 Å². The minimum atomic E-state index is -0.993. The fraction of sp³-hybridized carbons (Fsp3) is 0.229. The number of halogens is 6. The van der Waals surface area contributed by atoms with Crippen molar-refractivity contribution in [1.82, 2.24) is 39.7 Å². The third kappa shape index (κ3) is 14.0. The van der Waals surface area contributed by atoms with E-state index in [-0.39, 0.29) is 132 Å². The number of hydrogen-bond donors (Lipinski definition) is 2. The summed E-state index contributed by atoms with van der Waals surface area (Å²) in [6, 6.07) is 31.6. The number of aromatic nitrogens is 6. The van der Waals surface area contributed by atoms with E-state index in [2.05, 4.69) is 44.3 Å². The highest BCUT2D eigenvalue weighted by Crippen LogP contribution is 2.32. The lowest BCUT2D eigenvalue weighted by atomic mass is 10.0. The number of benzene rings is 6. The zero-order chi connectivity index (χ0) is 63.1. The fourth-order valence-corrected chi connectivity index (χ4v) is 10.3. The summed E-state index contributed by atoms with van der Waals surface area (Å²) in [5.74, 6) is 7.45. The van der Waals surface area contributed by atoms with Crippen LogP contribution in [0.2, 0.25) is 0 Å². The van der Waals surface area contributed by atoms with Crippen LogP contribution in [0.15, 0.2) is 133 Å². The largest absolute Gasteiger partial charge is 0.473 e. The molecule has 0 unspecified atom stereocenters. The van der Waals surface area contributed by atoms with Gasteiger partial charge < -0.3 is 43.5 Å². The molecule has 0 amide bonds. The second kappa shape index (κ2) is 27.3. The Labute approximate surface area is 518 Å². The van der Waals surface area contributed by atoms with Crippen LogP contribution in [-0.4, -0.2) is 94.6 Å². The predicted octanol–water partition coefficient (Wildman–Crippen LogP) is 11.1. The van der Waals surface area contributed by atoms with Crippen molar-refractivity contribution in [3.05, 3.63) is 225 Å². The molecule has 2 aliphatic heterocycles. The van der Waals surface area contributed by atoms with Crippen molar-refractivity contribution in [2.75, 3.05) is 53.6 Å². The maximum Gasteiger partial charge on any atom is 0.346 e. The molecule has 0 bridgehead atoms. The smallest absolute Gasteiger partial charge is 0.346 e. The molecule has 10 aromatic rings. The number of nitrogens with zero attached hydrogens (tertiary/aromatic N) is 6. The van der Waals surface area contributed by atoms with Crippen LogP contribution < -0.4 is 20.1 Å². The first-order chi connectivity index (χ1) is 44.2. The van der Waals surface area contributed by atoms with E-state index in [4.69, 9.17) is 33.7 Å². The lowest BCUT2D eigenvalue weighted by molar-refractivity contribution is 0.0397. The Morgan fingerprint density at radius 2 is 0.923 bits per heavy atom. The Balaban J connectivity index is 0.711. The van der Waals surface area contributed by atoms with Crippen LogP contribution in [-0.2, 0) is 53.4 Å². The number of ether oxygens (including phenoxy) is 5. The van der Waals surface area contributed by atoms with E-state index in [9.17, 15) is 18.4 Å². The number of imidazole rings is 2. The van der Waals surface area contributed by atoms with Crippen molar-refractivity contribution in [3.8, 4) is 58.0 Å². The maximum atomic E-state index is 16.1. The van der Waals surface area contributed by atoms with E-state index in [1.165, 1.54) is 74.9 Å². The minimum absolute atomic E-state index is 0.0142. The molecule has 4 aromatic heterocycles. The molecule has 2 aliphatic rings. The zero-order valence-corrected chi connectivity index (χ0v) is 49.2. The summed E-state index contributed by atoms with van der Waals surface area (Å²) in [5, 5.41) is 6.28. The Morgan fingerprint density at radius 3 is 1.32 bits per heavy atom. The SMILES string of the molecule is COCCn1c(Cc2cc(F)c(-c3cccc(OCc4ccc(C#CC5CNC5)cc4F)n3)cc2F)nc2ccc(C(=O)OC(=O)c3ccc4nc(Cc5cc(F)c(-c6cccc(OCc7ccc(C#CC8CNC8)cc7F)n6)cc5F)n(CCOC)c4c3)cc21. The summed E-state index contributed by atoms with van der Waals surface area (Å²) < 4.78 is 125. The van der Waals surface area contributed by atoms with Gasteiger partial charge in [-0.1, -0.05) is 47.9 Å². The van der Waals surface area contributed by atoms with Crippen LogP contribution in [0.3, 0.4) is 0 Å². The second-order valence-electron chi connectivity index (χ2n) is 21.8. The van der Waals surface area contributed by atoms with Crippen molar-refractivity contribution in [2.24, 2.45) is 11.8 Å². The normalized spacial score (nSPS) is 13.1. The molecule has 0 spiro atoms. The molecule has 0 atom stereocenters. The minimum Gasteiger partial charge on any atom is -0.473 e. The van der Waals surface area contributed by atoms with E-state index in [1.54, 1.807) is 57.7 Å². The molecule has 15 nitrogen and oxygen atoms in total. The van der Waals surface area contributed by atoms with Gasteiger partial charge in [0.1, 0.15) is 59.8 Å². The molecule has 6 aromatic carbocycles. The number of fused-ring (bicyclic) bond motifs is 2. The molecular formula is C70H56F6N8O7. The van der Waals surface area contributed by atoms with Gasteiger partial charge in [-0.05, 0) is 108 Å². The molecule has 2 N–H and O–H groups in total. The zero-order valence-electron chi connectivity index (χ0n) is 49.2. The summed E-state index contributed by atoms with van der Waals surface area (Å²) in [6.07, 6.45) is -0.343. The van der Waals surface area contributed by atoms with Gasteiger partial charge in [-0.25, -0.2) is 55.9 Å². The van der Waals surface area contributed by atoms with E-state index in [1.807, 2.05) is 0 Å². The maximum absolute atomic E-state index is 16.1. The summed E-state index contributed by atoms with van der Waals surface area (Å²) >= 11 is 0. The molecule has 2 fully saturated rings. The molecule has 460 valence electrons. The predicted molar refractivity (Wildman–Crippen MR) is 326 cm³/mol. The van der Waals surface area contributed by atoms with Crippen LogP contribution in [0.1, 0.15) is 65.7 Å². The van der Waals surface area contributed by atoms with Crippen LogP contribution in [0.25, 0.3) is 44.6 Å². The quantitative estimate of drug-likeness (QED) is 0.0321. The molecular weight excluding hydrogens is 1180 g/mol. The van der Waals surface area contributed by atoms with Crippen molar-refractivity contribution in [2.45, 2.75) is 39.1 Å². The summed E-state index contributed by atoms with van der Waals surface area (Å²) in [5.41, 5.74) is 3.12. The van der Waals surface area contributed by atoms with Crippen molar-refractivity contribution < 1.29 is 59.6 Å². The second-order valence-corrected chi connectivity index (χ2v) is 21.8. The van der Waals surface area contributed by atoms with Crippen molar-refractivity contribution in [3.63, 3.8) is 0 Å².